The van der Waals surface area contributed by atoms with Crippen molar-refractivity contribution in [2.45, 2.75) is 52.5 Å². The summed E-state index contributed by atoms with van der Waals surface area (Å²) in [6, 6.07) is 0.473. The smallest absolute Gasteiger partial charge is 0.225 e. The molecule has 2 aliphatic rings. The molecule has 1 aliphatic heterocycles. The van der Waals surface area contributed by atoms with Crippen LogP contribution in [0.25, 0.3) is 0 Å². The maximum Gasteiger partial charge on any atom is 0.225 e. The average molecular weight is 289 g/mol. The quantitative estimate of drug-likeness (QED) is 0.866. The molecule has 1 saturated carbocycles. The van der Waals surface area contributed by atoms with Gasteiger partial charge in [-0.25, -0.2) is 0 Å². The lowest BCUT2D eigenvalue weighted by Gasteiger charge is -2.41. The largest absolute Gasteiger partial charge is 0.343 e. The van der Waals surface area contributed by atoms with Gasteiger partial charge in [-0.3, -0.25) is 4.79 Å². The summed E-state index contributed by atoms with van der Waals surface area (Å²) >= 11 is 0. The van der Waals surface area contributed by atoms with Crippen LogP contribution in [0.1, 0.15) is 46.5 Å². The first-order valence-electron chi connectivity index (χ1n) is 7.38. The molecule has 0 aromatic heterocycles. The molecule has 1 atom stereocenters. The first-order valence-corrected chi connectivity index (χ1v) is 7.38. The molecule has 1 saturated heterocycles. The number of nitrogens with one attached hydrogen (secondary N) is 1. The van der Waals surface area contributed by atoms with Gasteiger partial charge in [-0.1, -0.05) is 20.8 Å². The maximum absolute atomic E-state index is 12.4. The first-order chi connectivity index (χ1) is 8.41. The Kier molecular flexibility index (Phi) is 5.69. The molecule has 112 valence electrons. The molecule has 1 amide bonds. The molecule has 3 nitrogen and oxygen atoms in total. The number of hydrogen-bond donors (Lipinski definition) is 1. The van der Waals surface area contributed by atoms with Gasteiger partial charge in [0.05, 0.1) is 0 Å². The van der Waals surface area contributed by atoms with E-state index < -0.39 is 0 Å². The number of carbonyl (C=O) groups is 1. The Labute approximate surface area is 123 Å². The first kappa shape index (κ1) is 16.8. The molecular formula is C15H29ClN2O. The van der Waals surface area contributed by atoms with Gasteiger partial charge in [0.15, 0.2) is 0 Å². The van der Waals surface area contributed by atoms with E-state index in [2.05, 4.69) is 26.1 Å². The Hall–Kier alpha value is -0.280. The topological polar surface area (TPSA) is 32.3 Å². The average Bonchev–Trinajstić information content (AvgIpc) is 2.24. The van der Waals surface area contributed by atoms with Crippen molar-refractivity contribution in [3.8, 4) is 0 Å². The molecule has 2 fully saturated rings. The fraction of sp³-hybridized carbons (Fsp3) is 0.933. The summed E-state index contributed by atoms with van der Waals surface area (Å²) in [6.07, 6.45) is 4.83. The Morgan fingerprint density at radius 2 is 1.79 bits per heavy atom. The van der Waals surface area contributed by atoms with E-state index in [4.69, 9.17) is 0 Å². The van der Waals surface area contributed by atoms with E-state index in [1.54, 1.807) is 0 Å². The standard InChI is InChI=1S/C15H28N2O.ClH/c1-11(12-9-16-10-12)14(18)17(4)13-5-7-15(2,3)8-6-13;/h11-13,16H,5-10H2,1-4H3;1H. The molecule has 0 spiro atoms. The zero-order chi connectivity index (χ0) is 13.3. The minimum atomic E-state index is 0. The van der Waals surface area contributed by atoms with E-state index in [9.17, 15) is 4.79 Å². The number of hydrogen-bond acceptors (Lipinski definition) is 2. The third-order valence-electron chi connectivity index (χ3n) is 5.11. The molecular weight excluding hydrogens is 260 g/mol. The second-order valence-corrected chi connectivity index (χ2v) is 7.05. The van der Waals surface area contributed by atoms with Crippen molar-refractivity contribution < 1.29 is 4.79 Å². The number of carbonyl (C=O) groups excluding carboxylic acids is 1. The SMILES string of the molecule is CC(C(=O)N(C)C1CCC(C)(C)CC1)C1CNC1.Cl. The fourth-order valence-corrected chi connectivity index (χ4v) is 3.14. The molecule has 0 aromatic rings. The summed E-state index contributed by atoms with van der Waals surface area (Å²) in [4.78, 5) is 14.5. The highest BCUT2D eigenvalue weighted by atomic mass is 35.5. The van der Waals surface area contributed by atoms with Gasteiger partial charge in [0.2, 0.25) is 5.91 Å². The highest BCUT2D eigenvalue weighted by molar-refractivity contribution is 5.85. The van der Waals surface area contributed by atoms with Crippen LogP contribution in [-0.4, -0.2) is 37.0 Å². The monoisotopic (exact) mass is 288 g/mol. The molecule has 0 bridgehead atoms. The Morgan fingerprint density at radius 1 is 1.26 bits per heavy atom. The van der Waals surface area contributed by atoms with E-state index in [-0.39, 0.29) is 18.3 Å². The third-order valence-corrected chi connectivity index (χ3v) is 5.11. The Morgan fingerprint density at radius 3 is 2.21 bits per heavy atom. The molecule has 1 unspecified atom stereocenters. The molecule has 2 rings (SSSR count). The van der Waals surface area contributed by atoms with E-state index in [1.165, 1.54) is 25.7 Å². The predicted octanol–water partition coefficient (Wildman–Crippen LogP) is 2.69. The molecule has 1 heterocycles. The van der Waals surface area contributed by atoms with Crippen LogP contribution in [0.4, 0.5) is 0 Å². The van der Waals surface area contributed by atoms with Gasteiger partial charge < -0.3 is 10.2 Å². The van der Waals surface area contributed by atoms with Gasteiger partial charge in [-0.2, -0.15) is 0 Å². The van der Waals surface area contributed by atoms with Crippen molar-refractivity contribution in [2.75, 3.05) is 20.1 Å². The lowest BCUT2D eigenvalue weighted by atomic mass is 9.75. The second-order valence-electron chi connectivity index (χ2n) is 7.05. The summed E-state index contributed by atoms with van der Waals surface area (Å²) in [5, 5.41) is 3.26. The number of rotatable bonds is 3. The van der Waals surface area contributed by atoms with E-state index in [1.807, 2.05) is 11.9 Å². The fourth-order valence-electron chi connectivity index (χ4n) is 3.14. The van der Waals surface area contributed by atoms with Crippen molar-refractivity contribution >= 4 is 18.3 Å². The molecule has 0 radical (unpaired) electrons. The van der Waals surface area contributed by atoms with Gasteiger partial charge in [0.1, 0.15) is 0 Å². The van der Waals surface area contributed by atoms with E-state index in [0.717, 1.165) is 13.1 Å². The highest BCUT2D eigenvalue weighted by Gasteiger charge is 2.35. The summed E-state index contributed by atoms with van der Waals surface area (Å²) in [7, 11) is 2.01. The van der Waals surface area contributed by atoms with Gasteiger partial charge in [-0.05, 0) is 50.1 Å². The van der Waals surface area contributed by atoms with Gasteiger partial charge in [0, 0.05) is 19.0 Å². The van der Waals surface area contributed by atoms with Crippen LogP contribution in [-0.2, 0) is 4.79 Å². The zero-order valence-electron chi connectivity index (χ0n) is 12.7. The molecule has 0 aromatic carbocycles. The van der Waals surface area contributed by atoms with Crippen LogP contribution in [0.15, 0.2) is 0 Å². The lowest BCUT2D eigenvalue weighted by Crippen LogP contribution is -2.51. The van der Waals surface area contributed by atoms with Gasteiger partial charge >= 0.3 is 0 Å². The van der Waals surface area contributed by atoms with Crippen molar-refractivity contribution in [1.82, 2.24) is 10.2 Å². The zero-order valence-corrected chi connectivity index (χ0v) is 13.6. The second kappa shape index (κ2) is 6.45. The van der Waals surface area contributed by atoms with Crippen LogP contribution in [0.2, 0.25) is 0 Å². The van der Waals surface area contributed by atoms with Gasteiger partial charge in [-0.15, -0.1) is 12.4 Å². The number of amides is 1. The summed E-state index contributed by atoms with van der Waals surface area (Å²) in [6.45, 7) is 8.80. The van der Waals surface area contributed by atoms with E-state index >= 15 is 0 Å². The van der Waals surface area contributed by atoms with Crippen LogP contribution in [0.5, 0.6) is 0 Å². The van der Waals surface area contributed by atoms with Crippen LogP contribution in [0, 0.1) is 17.3 Å². The Bertz CT molecular complexity index is 305. The maximum atomic E-state index is 12.4. The third kappa shape index (κ3) is 3.85. The van der Waals surface area contributed by atoms with Crippen LogP contribution < -0.4 is 5.32 Å². The molecule has 1 aliphatic carbocycles. The molecule has 4 heteroatoms. The summed E-state index contributed by atoms with van der Waals surface area (Å²) < 4.78 is 0. The van der Waals surface area contributed by atoms with Crippen LogP contribution >= 0.6 is 12.4 Å². The number of nitrogens with zero attached hydrogens (tertiary/aromatic N) is 1. The van der Waals surface area contributed by atoms with Crippen molar-refractivity contribution in [1.29, 1.82) is 0 Å². The molecule has 19 heavy (non-hydrogen) atoms. The minimum absolute atomic E-state index is 0. The van der Waals surface area contributed by atoms with Gasteiger partial charge in [0.25, 0.3) is 0 Å². The van der Waals surface area contributed by atoms with E-state index in [0.29, 0.717) is 23.3 Å². The highest BCUT2D eigenvalue weighted by Crippen LogP contribution is 2.37. The summed E-state index contributed by atoms with van der Waals surface area (Å²) in [5.41, 5.74) is 0.476. The predicted molar refractivity (Wildman–Crippen MR) is 81.6 cm³/mol. The normalized spacial score (nSPS) is 25.1. The van der Waals surface area contributed by atoms with Crippen molar-refractivity contribution in [3.63, 3.8) is 0 Å². The summed E-state index contributed by atoms with van der Waals surface area (Å²) in [5.74, 6) is 1.09. The molecule has 1 N–H and O–H groups in total. The van der Waals surface area contributed by atoms with Crippen molar-refractivity contribution in [3.05, 3.63) is 0 Å². The van der Waals surface area contributed by atoms with Crippen molar-refractivity contribution in [2.24, 2.45) is 17.3 Å². The lowest BCUT2D eigenvalue weighted by molar-refractivity contribution is -0.139. The number of halogens is 1. The Balaban J connectivity index is 0.00000180. The van der Waals surface area contributed by atoms with Crippen LogP contribution in [0.3, 0.4) is 0 Å². The minimum Gasteiger partial charge on any atom is -0.343 e.